The van der Waals surface area contributed by atoms with Gasteiger partial charge in [0, 0.05) is 62.1 Å². The van der Waals surface area contributed by atoms with E-state index in [2.05, 4.69) is 21.8 Å². The summed E-state index contributed by atoms with van der Waals surface area (Å²) in [5.41, 5.74) is 1.92. The van der Waals surface area contributed by atoms with Gasteiger partial charge in [0.25, 0.3) is 5.91 Å². The lowest BCUT2D eigenvalue weighted by atomic mass is 9.96. The van der Waals surface area contributed by atoms with Crippen molar-refractivity contribution in [2.45, 2.75) is 38.1 Å². The second kappa shape index (κ2) is 6.55. The number of nitrogens with zero attached hydrogens (tertiary/aromatic N) is 4. The van der Waals surface area contributed by atoms with Crippen LogP contribution >= 0.6 is 0 Å². The molecule has 140 valence electrons. The topological polar surface area (TPSA) is 43.1 Å². The lowest BCUT2D eigenvalue weighted by Crippen LogP contribution is -2.39. The van der Waals surface area contributed by atoms with Crippen LogP contribution in [0.2, 0.25) is 0 Å². The number of aromatic nitrogens is 3. The fourth-order valence-corrected chi connectivity index (χ4v) is 4.47. The maximum absolute atomic E-state index is 13.3. The minimum atomic E-state index is 0.150. The van der Waals surface area contributed by atoms with Crippen LogP contribution in [-0.2, 0) is 13.6 Å². The number of likely N-dealkylation sites (tertiary alicyclic amines) is 1. The number of rotatable bonds is 4. The van der Waals surface area contributed by atoms with E-state index in [-0.39, 0.29) is 5.91 Å². The molecule has 5 nitrogen and oxygen atoms in total. The molecule has 2 aliphatic rings. The Bertz CT molecular complexity index is 981. The summed E-state index contributed by atoms with van der Waals surface area (Å²) in [6, 6.07) is 8.15. The second-order valence-electron chi connectivity index (χ2n) is 8.14. The first-order valence-corrected chi connectivity index (χ1v) is 10.0. The molecule has 1 atom stereocenters. The molecule has 0 N–H and O–H groups in total. The largest absolute Gasteiger partial charge is 0.350 e. The Morgan fingerprint density at radius 2 is 2.07 bits per heavy atom. The molecule has 0 radical (unpaired) electrons. The van der Waals surface area contributed by atoms with Gasteiger partial charge < -0.3 is 14.0 Å². The Morgan fingerprint density at radius 1 is 1.22 bits per heavy atom. The SMILES string of the molecule is Cn1cc(C(=O)N2CCC[C@H](c3nccn3CC3CC3)C2)c2ccccc21. The van der Waals surface area contributed by atoms with Gasteiger partial charge in [-0.2, -0.15) is 0 Å². The van der Waals surface area contributed by atoms with Crippen molar-refractivity contribution >= 4 is 16.8 Å². The van der Waals surface area contributed by atoms with Crippen LogP contribution in [-0.4, -0.2) is 38.0 Å². The third-order valence-corrected chi connectivity index (χ3v) is 6.10. The van der Waals surface area contributed by atoms with Crippen LogP contribution in [0.5, 0.6) is 0 Å². The summed E-state index contributed by atoms with van der Waals surface area (Å²) in [5.74, 6) is 2.48. The fourth-order valence-electron chi connectivity index (χ4n) is 4.47. The molecule has 2 aromatic heterocycles. The molecule has 1 saturated heterocycles. The Hall–Kier alpha value is -2.56. The molecule has 5 rings (SSSR count). The Kier molecular flexibility index (Phi) is 4.03. The summed E-state index contributed by atoms with van der Waals surface area (Å²) < 4.78 is 4.38. The van der Waals surface area contributed by atoms with Gasteiger partial charge in [-0.15, -0.1) is 0 Å². The monoisotopic (exact) mass is 362 g/mol. The van der Waals surface area contributed by atoms with E-state index >= 15 is 0 Å². The zero-order valence-corrected chi connectivity index (χ0v) is 15.8. The Balaban J connectivity index is 1.39. The number of hydrogen-bond donors (Lipinski definition) is 0. The molecule has 5 heteroatoms. The lowest BCUT2D eigenvalue weighted by molar-refractivity contribution is 0.0705. The number of carbonyl (C=O) groups excluding carboxylic acids is 1. The molecule has 1 amide bonds. The van der Waals surface area contributed by atoms with Gasteiger partial charge in [0.1, 0.15) is 5.82 Å². The number of amides is 1. The summed E-state index contributed by atoms with van der Waals surface area (Å²) in [7, 11) is 2.01. The smallest absolute Gasteiger partial charge is 0.256 e. The predicted molar refractivity (Wildman–Crippen MR) is 106 cm³/mol. The van der Waals surface area contributed by atoms with Gasteiger partial charge in [-0.25, -0.2) is 4.98 Å². The van der Waals surface area contributed by atoms with Gasteiger partial charge >= 0.3 is 0 Å². The van der Waals surface area contributed by atoms with E-state index < -0.39 is 0 Å². The van der Waals surface area contributed by atoms with Crippen molar-refractivity contribution in [3.63, 3.8) is 0 Å². The van der Waals surface area contributed by atoms with Crippen LogP contribution in [0.15, 0.2) is 42.9 Å². The first-order chi connectivity index (χ1) is 13.2. The van der Waals surface area contributed by atoms with Crippen molar-refractivity contribution in [3.05, 3.63) is 54.2 Å². The van der Waals surface area contributed by atoms with Gasteiger partial charge in [0.2, 0.25) is 0 Å². The molecular weight excluding hydrogens is 336 g/mol. The molecule has 0 spiro atoms. The first-order valence-electron chi connectivity index (χ1n) is 10.0. The average Bonchev–Trinajstić information content (AvgIpc) is 3.29. The molecule has 1 saturated carbocycles. The number of fused-ring (bicyclic) bond motifs is 1. The molecule has 0 bridgehead atoms. The minimum absolute atomic E-state index is 0.150. The standard InChI is InChI=1S/C22H26N4O/c1-24-15-19(18-6-2-3-7-20(18)24)22(27)26-11-4-5-17(14-26)21-23-10-12-25(21)13-16-8-9-16/h2-3,6-7,10,12,15-17H,4-5,8-9,11,13-14H2,1H3/t17-/m0/s1. The number of carbonyl (C=O) groups is 1. The van der Waals surface area contributed by atoms with E-state index in [9.17, 15) is 4.79 Å². The van der Waals surface area contributed by atoms with Gasteiger partial charge in [0.05, 0.1) is 5.56 Å². The van der Waals surface area contributed by atoms with Crippen molar-refractivity contribution in [2.75, 3.05) is 13.1 Å². The highest BCUT2D eigenvalue weighted by atomic mass is 16.2. The number of para-hydroxylation sites is 1. The zero-order chi connectivity index (χ0) is 18.4. The summed E-state index contributed by atoms with van der Waals surface area (Å²) in [6.07, 6.45) is 10.8. The summed E-state index contributed by atoms with van der Waals surface area (Å²) in [4.78, 5) is 20.0. The fraction of sp³-hybridized carbons (Fsp3) is 0.455. The number of aryl methyl sites for hydroxylation is 1. The van der Waals surface area contributed by atoms with Gasteiger partial charge in [-0.3, -0.25) is 4.79 Å². The van der Waals surface area contributed by atoms with Crippen LogP contribution in [0.25, 0.3) is 10.9 Å². The summed E-state index contributed by atoms with van der Waals surface area (Å²) in [5, 5.41) is 1.04. The van der Waals surface area contributed by atoms with E-state index in [4.69, 9.17) is 0 Å². The normalized spacial score (nSPS) is 20.3. The highest BCUT2D eigenvalue weighted by molar-refractivity contribution is 6.07. The zero-order valence-electron chi connectivity index (χ0n) is 15.8. The Labute approximate surface area is 159 Å². The van der Waals surface area contributed by atoms with E-state index in [1.807, 2.05) is 47.1 Å². The quantitative estimate of drug-likeness (QED) is 0.708. The van der Waals surface area contributed by atoms with Gasteiger partial charge in [-0.1, -0.05) is 18.2 Å². The molecule has 3 aromatic rings. The van der Waals surface area contributed by atoms with Crippen LogP contribution in [0, 0.1) is 5.92 Å². The van der Waals surface area contributed by atoms with Crippen LogP contribution in [0.1, 0.15) is 47.8 Å². The summed E-state index contributed by atoms with van der Waals surface area (Å²) in [6.45, 7) is 2.69. The van der Waals surface area contributed by atoms with Crippen LogP contribution in [0.3, 0.4) is 0 Å². The molecule has 0 unspecified atom stereocenters. The predicted octanol–water partition coefficient (Wildman–Crippen LogP) is 3.80. The lowest BCUT2D eigenvalue weighted by Gasteiger charge is -2.32. The van der Waals surface area contributed by atoms with Gasteiger partial charge in [0.15, 0.2) is 0 Å². The van der Waals surface area contributed by atoms with Crippen LogP contribution < -0.4 is 0 Å². The van der Waals surface area contributed by atoms with Gasteiger partial charge in [-0.05, 0) is 37.7 Å². The Morgan fingerprint density at radius 3 is 2.93 bits per heavy atom. The van der Waals surface area contributed by atoms with E-state index in [1.54, 1.807) is 0 Å². The highest BCUT2D eigenvalue weighted by Crippen LogP contribution is 2.33. The molecule has 2 fully saturated rings. The van der Waals surface area contributed by atoms with Crippen molar-refractivity contribution in [3.8, 4) is 0 Å². The number of benzene rings is 1. The minimum Gasteiger partial charge on any atom is -0.350 e. The summed E-state index contributed by atoms with van der Waals surface area (Å²) >= 11 is 0. The van der Waals surface area contributed by atoms with E-state index in [0.29, 0.717) is 5.92 Å². The molecular formula is C22H26N4O. The van der Waals surface area contributed by atoms with Crippen molar-refractivity contribution in [2.24, 2.45) is 13.0 Å². The van der Waals surface area contributed by atoms with Crippen LogP contribution in [0.4, 0.5) is 0 Å². The van der Waals surface area contributed by atoms with Crippen molar-refractivity contribution in [1.29, 1.82) is 0 Å². The molecule has 3 heterocycles. The first kappa shape index (κ1) is 16.6. The highest BCUT2D eigenvalue weighted by Gasteiger charge is 2.30. The number of piperidine rings is 1. The second-order valence-corrected chi connectivity index (χ2v) is 8.14. The third-order valence-electron chi connectivity index (χ3n) is 6.10. The molecule has 1 aliphatic heterocycles. The van der Waals surface area contributed by atoms with E-state index in [1.165, 1.54) is 12.8 Å². The average molecular weight is 362 g/mol. The molecule has 27 heavy (non-hydrogen) atoms. The van der Waals surface area contributed by atoms with Crippen molar-refractivity contribution in [1.82, 2.24) is 19.0 Å². The maximum Gasteiger partial charge on any atom is 0.256 e. The third kappa shape index (κ3) is 3.05. The van der Waals surface area contributed by atoms with E-state index in [0.717, 1.165) is 60.7 Å². The molecule has 1 aliphatic carbocycles. The number of imidazole rings is 1. The maximum atomic E-state index is 13.3. The number of hydrogen-bond acceptors (Lipinski definition) is 2. The molecule has 1 aromatic carbocycles. The van der Waals surface area contributed by atoms with Crippen molar-refractivity contribution < 1.29 is 4.79 Å².